The molecule has 0 atom stereocenters. The highest BCUT2D eigenvalue weighted by Crippen LogP contribution is 2.39. The van der Waals surface area contributed by atoms with E-state index in [0.717, 1.165) is 0 Å². The van der Waals surface area contributed by atoms with Crippen LogP contribution in [0.15, 0.2) is 42.6 Å². The number of aromatic nitrogens is 3. The molecule has 3 N–H and O–H groups in total. The van der Waals surface area contributed by atoms with Crippen molar-refractivity contribution in [3.05, 3.63) is 54.2 Å². The first-order valence-electron chi connectivity index (χ1n) is 12.4. The first-order valence-corrected chi connectivity index (χ1v) is 13.3. The van der Waals surface area contributed by atoms with Gasteiger partial charge in [-0.05, 0) is 36.2 Å². The minimum absolute atomic E-state index is 0.213. The molecule has 204 valence electrons. The van der Waals surface area contributed by atoms with E-state index in [1.54, 1.807) is 24.3 Å². The lowest BCUT2D eigenvalue weighted by molar-refractivity contribution is 0.122. The third-order valence-corrected chi connectivity index (χ3v) is 7.13. The summed E-state index contributed by atoms with van der Waals surface area (Å²) in [5, 5.41) is 0.647. The zero-order chi connectivity index (χ0) is 27.4. The second-order valence-electron chi connectivity index (χ2n) is 8.80. The van der Waals surface area contributed by atoms with Crippen molar-refractivity contribution < 1.29 is 22.6 Å². The van der Waals surface area contributed by atoms with Crippen LogP contribution in [0.2, 0.25) is 0 Å². The number of morpholine rings is 1. The first kappa shape index (κ1) is 26.8. The maximum absolute atomic E-state index is 15.6. The zero-order valence-electron chi connectivity index (χ0n) is 21.2. The second-order valence-corrected chi connectivity index (χ2v) is 9.70. The van der Waals surface area contributed by atoms with Crippen molar-refractivity contribution in [3.8, 4) is 28.3 Å². The normalized spacial score (nSPS) is 13.6. The average molecular weight is 557 g/mol. The smallest absolute Gasteiger partial charge is 0.165 e. The number of rotatable bonds is 9. The monoisotopic (exact) mass is 556 g/mol. The summed E-state index contributed by atoms with van der Waals surface area (Å²) < 4.78 is 56.5. The van der Waals surface area contributed by atoms with Crippen molar-refractivity contribution in [1.29, 1.82) is 0 Å². The molecule has 1 saturated heterocycles. The largest absolute Gasteiger partial charge is 0.494 e. The number of hydrogen-bond donors (Lipinski definition) is 2. The Hall–Kier alpha value is -3.77. The Labute approximate surface area is 227 Å². The minimum atomic E-state index is -0.668. The van der Waals surface area contributed by atoms with E-state index in [0.29, 0.717) is 83.3 Å². The number of hydrogen-bond acceptors (Lipinski definition) is 9. The number of nitrogen functional groups attached to an aromatic ring is 1. The summed E-state index contributed by atoms with van der Waals surface area (Å²) in [6, 6.07) is 9.84. The SMILES string of the molecule is COc1cc(-c2cccc(NSCCCF)c2F)cc2c(N3CCOCC3)nc(-c3cnc(N)c(F)c3)nc12. The van der Waals surface area contributed by atoms with Crippen molar-refractivity contribution in [2.24, 2.45) is 0 Å². The van der Waals surface area contributed by atoms with Gasteiger partial charge in [-0.1, -0.05) is 24.1 Å². The molecule has 0 amide bonds. The second kappa shape index (κ2) is 12.0. The summed E-state index contributed by atoms with van der Waals surface area (Å²) >= 11 is 1.25. The van der Waals surface area contributed by atoms with Gasteiger partial charge in [-0.2, -0.15) is 0 Å². The number of pyridine rings is 1. The van der Waals surface area contributed by atoms with E-state index < -0.39 is 18.3 Å². The van der Waals surface area contributed by atoms with Crippen LogP contribution in [0.1, 0.15) is 6.42 Å². The Morgan fingerprint density at radius 3 is 2.69 bits per heavy atom. The molecule has 0 spiro atoms. The molecule has 12 heteroatoms. The molecule has 0 bridgehead atoms. The highest BCUT2D eigenvalue weighted by Gasteiger charge is 2.22. The standard InChI is InChI=1S/C27H27F3N6O2S/c1-37-22-14-16(18-4-2-5-21(23(18)30)35-39-11-3-6-28)12-19-24(22)33-26(17-13-20(29)25(31)32-15-17)34-27(19)36-7-9-38-10-8-36/h2,4-5,12-15,35H,3,6-11H2,1H3,(H2,31,32). The predicted octanol–water partition coefficient (Wildman–Crippen LogP) is 5.48. The molecule has 8 nitrogen and oxygen atoms in total. The highest BCUT2D eigenvalue weighted by atomic mass is 32.2. The summed E-state index contributed by atoms with van der Waals surface area (Å²) in [6.07, 6.45) is 1.80. The van der Waals surface area contributed by atoms with Crippen molar-refractivity contribution in [3.63, 3.8) is 0 Å². The number of alkyl halides is 1. The van der Waals surface area contributed by atoms with Crippen LogP contribution in [-0.2, 0) is 4.74 Å². The Kier molecular flexibility index (Phi) is 8.22. The fraction of sp³-hybridized carbons (Fsp3) is 0.296. The van der Waals surface area contributed by atoms with Crippen molar-refractivity contribution in [2.45, 2.75) is 6.42 Å². The van der Waals surface area contributed by atoms with Crippen molar-refractivity contribution >= 4 is 40.2 Å². The lowest BCUT2D eigenvalue weighted by atomic mass is 10.0. The van der Waals surface area contributed by atoms with Gasteiger partial charge in [-0.25, -0.2) is 23.7 Å². The maximum Gasteiger partial charge on any atom is 0.165 e. The molecule has 4 aromatic rings. The molecule has 1 fully saturated rings. The van der Waals surface area contributed by atoms with Gasteiger partial charge in [0, 0.05) is 41.6 Å². The molecule has 0 aliphatic carbocycles. The van der Waals surface area contributed by atoms with Crippen LogP contribution in [0.5, 0.6) is 5.75 Å². The summed E-state index contributed by atoms with van der Waals surface area (Å²) in [6.45, 7) is 1.76. The van der Waals surface area contributed by atoms with Gasteiger partial charge < -0.3 is 24.8 Å². The van der Waals surface area contributed by atoms with Crippen LogP contribution < -0.4 is 20.1 Å². The number of anilines is 3. The third kappa shape index (κ3) is 5.66. The molecule has 2 aromatic carbocycles. The van der Waals surface area contributed by atoms with E-state index in [9.17, 15) is 8.78 Å². The van der Waals surface area contributed by atoms with Gasteiger partial charge >= 0.3 is 0 Å². The number of nitrogens with one attached hydrogen (secondary N) is 1. The topological polar surface area (TPSA) is 98.4 Å². The number of nitrogens with zero attached hydrogens (tertiary/aromatic N) is 4. The number of halogens is 3. The molecule has 2 aromatic heterocycles. The van der Waals surface area contributed by atoms with E-state index in [1.165, 1.54) is 31.3 Å². The summed E-state index contributed by atoms with van der Waals surface area (Å²) in [7, 11) is 1.51. The Morgan fingerprint density at radius 2 is 1.95 bits per heavy atom. The zero-order valence-corrected chi connectivity index (χ0v) is 22.0. The summed E-state index contributed by atoms with van der Waals surface area (Å²) in [5.74, 6) is 0.435. The third-order valence-electron chi connectivity index (χ3n) is 6.28. The number of ether oxygens (including phenoxy) is 2. The Bertz CT molecular complexity index is 1490. The molecule has 1 aliphatic heterocycles. The summed E-state index contributed by atoms with van der Waals surface area (Å²) in [4.78, 5) is 15.4. The average Bonchev–Trinajstić information content (AvgIpc) is 2.97. The van der Waals surface area contributed by atoms with Gasteiger partial charge in [0.1, 0.15) is 17.1 Å². The van der Waals surface area contributed by atoms with Gasteiger partial charge in [-0.15, -0.1) is 0 Å². The van der Waals surface area contributed by atoms with Gasteiger partial charge in [0.15, 0.2) is 23.3 Å². The quantitative estimate of drug-likeness (QED) is 0.205. The molecule has 3 heterocycles. The van der Waals surface area contributed by atoms with E-state index in [-0.39, 0.29) is 11.6 Å². The number of benzene rings is 2. The number of nitrogens with two attached hydrogens (primary N) is 1. The van der Waals surface area contributed by atoms with Crippen molar-refractivity contribution in [2.75, 3.05) is 61.2 Å². The molecule has 0 radical (unpaired) electrons. The van der Waals surface area contributed by atoms with E-state index >= 15 is 4.39 Å². The van der Waals surface area contributed by atoms with Gasteiger partial charge in [0.25, 0.3) is 0 Å². The number of fused-ring (bicyclic) bond motifs is 1. The van der Waals surface area contributed by atoms with Gasteiger partial charge in [0.2, 0.25) is 0 Å². The van der Waals surface area contributed by atoms with E-state index in [4.69, 9.17) is 25.2 Å². The van der Waals surface area contributed by atoms with Gasteiger partial charge in [0.05, 0.1) is 32.7 Å². The fourth-order valence-electron chi connectivity index (χ4n) is 4.30. The van der Waals surface area contributed by atoms with Gasteiger partial charge in [-0.3, -0.25) is 4.39 Å². The minimum Gasteiger partial charge on any atom is -0.494 e. The first-order chi connectivity index (χ1) is 19.0. The number of methoxy groups -OCH3 is 1. The molecule has 39 heavy (non-hydrogen) atoms. The molecule has 1 aliphatic rings. The molecular weight excluding hydrogens is 529 g/mol. The van der Waals surface area contributed by atoms with Crippen LogP contribution in [0, 0.1) is 11.6 Å². The molecule has 5 rings (SSSR count). The lowest BCUT2D eigenvalue weighted by Gasteiger charge is -2.29. The maximum atomic E-state index is 15.6. The van der Waals surface area contributed by atoms with Crippen LogP contribution in [0.4, 0.5) is 30.5 Å². The molecular formula is C27H27F3N6O2S. The fourth-order valence-corrected chi connectivity index (χ4v) is 4.97. The van der Waals surface area contributed by atoms with Crippen molar-refractivity contribution in [1.82, 2.24) is 15.0 Å². The van der Waals surface area contributed by atoms with Crippen LogP contribution >= 0.6 is 11.9 Å². The van der Waals surface area contributed by atoms with Crippen LogP contribution in [0.3, 0.4) is 0 Å². The van der Waals surface area contributed by atoms with E-state index in [2.05, 4.69) is 14.6 Å². The highest BCUT2D eigenvalue weighted by molar-refractivity contribution is 8.00. The molecule has 0 saturated carbocycles. The van der Waals surface area contributed by atoms with E-state index in [1.807, 2.05) is 6.07 Å². The Balaban J connectivity index is 1.65. The summed E-state index contributed by atoms with van der Waals surface area (Å²) in [5.41, 5.74) is 7.64. The lowest BCUT2D eigenvalue weighted by Crippen LogP contribution is -2.37. The molecule has 0 unspecified atom stereocenters. The van der Waals surface area contributed by atoms with Crippen LogP contribution in [-0.4, -0.2) is 60.8 Å². The van der Waals surface area contributed by atoms with Crippen LogP contribution in [0.25, 0.3) is 33.4 Å². The predicted molar refractivity (Wildman–Crippen MR) is 149 cm³/mol. The Morgan fingerprint density at radius 1 is 1.13 bits per heavy atom.